The van der Waals surface area contributed by atoms with E-state index in [1.54, 1.807) is 18.2 Å². The van der Waals surface area contributed by atoms with Gasteiger partial charge in [-0.15, -0.1) is 0 Å². The minimum absolute atomic E-state index is 0.0353. The van der Waals surface area contributed by atoms with Crippen LogP contribution in [0.1, 0.15) is 28.8 Å². The predicted molar refractivity (Wildman–Crippen MR) is 83.2 cm³/mol. The molecule has 5 nitrogen and oxygen atoms in total. The summed E-state index contributed by atoms with van der Waals surface area (Å²) in [4.78, 5) is 23.6. The molecule has 0 saturated carbocycles. The van der Waals surface area contributed by atoms with Crippen LogP contribution in [0.4, 0.5) is 0 Å². The highest BCUT2D eigenvalue weighted by Gasteiger charge is 2.30. The highest BCUT2D eigenvalue weighted by atomic mass is 35.5. The number of carbonyl (C=O) groups excluding carboxylic acids is 1. The molecule has 1 aliphatic heterocycles. The second-order valence-corrected chi connectivity index (χ2v) is 5.98. The van der Waals surface area contributed by atoms with Gasteiger partial charge in [0.1, 0.15) is 0 Å². The number of aryl methyl sites for hydroxylation is 1. The van der Waals surface area contributed by atoms with Crippen LogP contribution in [0.2, 0.25) is 5.02 Å². The minimum atomic E-state index is -0.880. The van der Waals surface area contributed by atoms with Crippen molar-refractivity contribution in [2.24, 2.45) is 11.8 Å². The molecule has 2 N–H and O–H groups in total. The van der Waals surface area contributed by atoms with E-state index >= 15 is 0 Å². The summed E-state index contributed by atoms with van der Waals surface area (Å²) >= 11 is 6.00. The average molecular weight is 326 g/mol. The number of ether oxygens (including phenoxy) is 1. The van der Waals surface area contributed by atoms with Gasteiger partial charge in [-0.1, -0.05) is 17.7 Å². The van der Waals surface area contributed by atoms with Gasteiger partial charge in [-0.05, 0) is 43.4 Å². The van der Waals surface area contributed by atoms with Crippen molar-refractivity contribution in [3.8, 4) is 0 Å². The summed E-state index contributed by atoms with van der Waals surface area (Å²) in [6.07, 6.45) is 1.42. The molecule has 1 fully saturated rings. The van der Waals surface area contributed by atoms with E-state index in [1.165, 1.54) is 0 Å². The first-order valence-electron chi connectivity index (χ1n) is 7.34. The van der Waals surface area contributed by atoms with Gasteiger partial charge in [0.15, 0.2) is 0 Å². The molecule has 22 heavy (non-hydrogen) atoms. The zero-order valence-corrected chi connectivity index (χ0v) is 13.2. The fourth-order valence-corrected chi connectivity index (χ4v) is 2.79. The van der Waals surface area contributed by atoms with Crippen molar-refractivity contribution in [3.63, 3.8) is 0 Å². The van der Waals surface area contributed by atoms with Crippen molar-refractivity contribution in [3.05, 3.63) is 34.3 Å². The largest absolute Gasteiger partial charge is 0.481 e. The van der Waals surface area contributed by atoms with E-state index in [2.05, 4.69) is 5.32 Å². The highest BCUT2D eigenvalue weighted by Crippen LogP contribution is 2.24. The first-order valence-corrected chi connectivity index (χ1v) is 7.71. The first-order chi connectivity index (χ1) is 10.5. The molecule has 0 bridgehead atoms. The van der Waals surface area contributed by atoms with Crippen LogP contribution < -0.4 is 5.32 Å². The molecule has 6 heteroatoms. The third-order valence-corrected chi connectivity index (χ3v) is 4.48. The maximum atomic E-state index is 12.1. The maximum Gasteiger partial charge on any atom is 0.308 e. The molecule has 0 radical (unpaired) electrons. The Kier molecular flexibility index (Phi) is 5.80. The molecule has 120 valence electrons. The quantitative estimate of drug-likeness (QED) is 0.872. The van der Waals surface area contributed by atoms with Gasteiger partial charge in [-0.3, -0.25) is 9.59 Å². The molecule has 1 heterocycles. The number of carbonyl (C=O) groups is 2. The lowest BCUT2D eigenvalue weighted by atomic mass is 9.86. The Morgan fingerprint density at radius 1 is 1.41 bits per heavy atom. The molecule has 1 saturated heterocycles. The van der Waals surface area contributed by atoms with E-state index in [0.29, 0.717) is 36.6 Å². The van der Waals surface area contributed by atoms with Crippen molar-refractivity contribution < 1.29 is 19.4 Å². The number of aliphatic carboxylic acids is 1. The van der Waals surface area contributed by atoms with Crippen molar-refractivity contribution >= 4 is 23.5 Å². The van der Waals surface area contributed by atoms with E-state index in [0.717, 1.165) is 5.56 Å². The summed E-state index contributed by atoms with van der Waals surface area (Å²) in [5.41, 5.74) is 1.33. The van der Waals surface area contributed by atoms with Crippen LogP contribution in [-0.4, -0.2) is 36.7 Å². The van der Waals surface area contributed by atoms with Crippen LogP contribution in [0.5, 0.6) is 0 Å². The Bertz CT molecular complexity index is 555. The molecule has 1 atom stereocenters. The SMILES string of the molecule is Cc1ccc(C(=O)NCC(C(=O)O)C2CCOCC2)cc1Cl. The number of halogens is 1. The van der Waals surface area contributed by atoms with Crippen LogP contribution in [-0.2, 0) is 9.53 Å². The Hall–Kier alpha value is -1.59. The Morgan fingerprint density at radius 3 is 2.68 bits per heavy atom. The number of carboxylic acids is 1. The zero-order valence-electron chi connectivity index (χ0n) is 12.5. The lowest BCUT2D eigenvalue weighted by Crippen LogP contribution is -2.39. The zero-order chi connectivity index (χ0) is 16.1. The number of amides is 1. The number of hydrogen-bond acceptors (Lipinski definition) is 3. The lowest BCUT2D eigenvalue weighted by molar-refractivity contribution is -0.144. The summed E-state index contributed by atoms with van der Waals surface area (Å²) in [6, 6.07) is 5.04. The third-order valence-electron chi connectivity index (χ3n) is 4.07. The summed E-state index contributed by atoms with van der Waals surface area (Å²) in [5, 5.41) is 12.6. The minimum Gasteiger partial charge on any atom is -0.481 e. The van der Waals surface area contributed by atoms with E-state index in [9.17, 15) is 14.7 Å². The van der Waals surface area contributed by atoms with Crippen molar-refractivity contribution in [1.82, 2.24) is 5.32 Å². The monoisotopic (exact) mass is 325 g/mol. The van der Waals surface area contributed by atoms with Gasteiger partial charge >= 0.3 is 5.97 Å². The molecular formula is C16H20ClNO4. The fourth-order valence-electron chi connectivity index (χ4n) is 2.61. The second kappa shape index (κ2) is 7.61. The second-order valence-electron chi connectivity index (χ2n) is 5.57. The predicted octanol–water partition coefficient (Wildman–Crippen LogP) is 2.51. The lowest BCUT2D eigenvalue weighted by Gasteiger charge is -2.27. The van der Waals surface area contributed by atoms with Gasteiger partial charge in [0.25, 0.3) is 5.91 Å². The first kappa shape index (κ1) is 16.8. The van der Waals surface area contributed by atoms with Gasteiger partial charge in [-0.2, -0.15) is 0 Å². The van der Waals surface area contributed by atoms with Gasteiger partial charge in [0.2, 0.25) is 0 Å². The third kappa shape index (κ3) is 4.21. The molecule has 1 aromatic rings. The van der Waals surface area contributed by atoms with Gasteiger partial charge < -0.3 is 15.2 Å². The summed E-state index contributed by atoms with van der Waals surface area (Å²) in [5.74, 6) is -1.74. The molecule has 0 aliphatic carbocycles. The molecular weight excluding hydrogens is 306 g/mol. The Labute approximate surface area is 134 Å². The molecule has 1 unspecified atom stereocenters. The molecule has 1 aliphatic rings. The average Bonchev–Trinajstić information content (AvgIpc) is 2.50. The number of rotatable bonds is 5. The number of hydrogen-bond donors (Lipinski definition) is 2. The number of nitrogens with one attached hydrogen (secondary N) is 1. The summed E-state index contributed by atoms with van der Waals surface area (Å²) < 4.78 is 5.25. The standard InChI is InChI=1S/C16H20ClNO4/c1-10-2-3-12(8-14(10)17)15(19)18-9-13(16(20)21)11-4-6-22-7-5-11/h2-3,8,11,13H,4-7,9H2,1H3,(H,18,19)(H,20,21). The summed E-state index contributed by atoms with van der Waals surface area (Å²) in [6.45, 7) is 3.13. The molecule has 1 amide bonds. The van der Waals surface area contributed by atoms with Crippen LogP contribution in [0, 0.1) is 18.8 Å². The smallest absolute Gasteiger partial charge is 0.308 e. The Balaban J connectivity index is 1.97. The van der Waals surface area contributed by atoms with E-state index in [4.69, 9.17) is 16.3 Å². The normalized spacial score (nSPS) is 17.0. The van der Waals surface area contributed by atoms with Gasteiger partial charge in [0, 0.05) is 30.3 Å². The Morgan fingerprint density at radius 2 is 2.09 bits per heavy atom. The molecule has 0 aromatic heterocycles. The van der Waals surface area contributed by atoms with Crippen LogP contribution in [0.25, 0.3) is 0 Å². The maximum absolute atomic E-state index is 12.1. The van der Waals surface area contributed by atoms with Crippen LogP contribution in [0.3, 0.4) is 0 Å². The molecule has 1 aromatic carbocycles. The topological polar surface area (TPSA) is 75.6 Å². The van der Waals surface area contributed by atoms with Gasteiger partial charge in [0.05, 0.1) is 5.92 Å². The molecule has 2 rings (SSSR count). The molecule has 0 spiro atoms. The van der Waals surface area contributed by atoms with E-state index in [-0.39, 0.29) is 18.4 Å². The highest BCUT2D eigenvalue weighted by molar-refractivity contribution is 6.31. The van der Waals surface area contributed by atoms with Crippen LogP contribution >= 0.6 is 11.6 Å². The van der Waals surface area contributed by atoms with E-state index in [1.807, 2.05) is 6.92 Å². The fraction of sp³-hybridized carbons (Fsp3) is 0.500. The van der Waals surface area contributed by atoms with Crippen molar-refractivity contribution in [2.75, 3.05) is 19.8 Å². The number of benzene rings is 1. The van der Waals surface area contributed by atoms with Crippen LogP contribution in [0.15, 0.2) is 18.2 Å². The van der Waals surface area contributed by atoms with E-state index < -0.39 is 11.9 Å². The number of carboxylic acid groups (broad SMARTS) is 1. The van der Waals surface area contributed by atoms with Gasteiger partial charge in [-0.25, -0.2) is 0 Å². The van der Waals surface area contributed by atoms with Crippen molar-refractivity contribution in [2.45, 2.75) is 19.8 Å². The van der Waals surface area contributed by atoms with Crippen molar-refractivity contribution in [1.29, 1.82) is 0 Å². The summed E-state index contributed by atoms with van der Waals surface area (Å²) in [7, 11) is 0.